The summed E-state index contributed by atoms with van der Waals surface area (Å²) in [5, 5.41) is 4.55. The summed E-state index contributed by atoms with van der Waals surface area (Å²) < 4.78 is 64.6. The van der Waals surface area contributed by atoms with E-state index in [0.29, 0.717) is 16.8 Å². The van der Waals surface area contributed by atoms with Crippen molar-refractivity contribution in [2.45, 2.75) is 40.8 Å². The van der Waals surface area contributed by atoms with Crippen LogP contribution in [-0.2, 0) is 26.5 Å². The molecule has 56 heavy (non-hydrogen) atoms. The van der Waals surface area contributed by atoms with Gasteiger partial charge in [0.05, 0.1) is 22.5 Å². The molecule has 0 aliphatic carbocycles. The SMILES string of the molecule is [2H]C([2H])([2H])c1c[c-]c(-c2ccc(C([2H])([2H])[2H])cn2)cc1.[2H]C([2H])(c1ccc2s[c-]c(-c3nc4ccccc4n3-c3c(-c4ccccc4)cc(C)cc3-c3ccccc3)c2c1)C(C)C.[Ir]. The maximum Gasteiger partial charge on any atom is 0.0774 e. The van der Waals surface area contributed by atoms with Crippen molar-refractivity contribution in [3.05, 3.63) is 185 Å². The molecule has 0 N–H and O–H groups in total. The number of pyridine rings is 1. The van der Waals surface area contributed by atoms with Crippen molar-refractivity contribution in [1.29, 1.82) is 0 Å². The third-order valence-corrected chi connectivity index (χ3v) is 10.1. The van der Waals surface area contributed by atoms with Crippen LogP contribution in [-0.4, -0.2) is 14.5 Å². The van der Waals surface area contributed by atoms with Crippen LogP contribution < -0.4 is 0 Å². The largest absolute Gasteiger partial charge is 0.332 e. The first-order valence-electron chi connectivity index (χ1n) is 22.2. The third-order valence-electron chi connectivity index (χ3n) is 9.25. The number of para-hydroxylation sites is 2. The summed E-state index contributed by atoms with van der Waals surface area (Å²) in [4.78, 5) is 9.32. The first kappa shape index (κ1) is 29.8. The molecule has 0 aliphatic rings. The smallest absolute Gasteiger partial charge is 0.0774 e. The molecule has 0 bridgehead atoms. The molecule has 5 heteroatoms. The van der Waals surface area contributed by atoms with Gasteiger partial charge in [-0.3, -0.25) is 16.3 Å². The minimum atomic E-state index is -2.18. The minimum Gasteiger partial charge on any atom is -0.332 e. The molecular weight excluding hydrogens is 879 g/mol. The molecule has 0 aliphatic heterocycles. The van der Waals surface area contributed by atoms with Crippen LogP contribution in [0.25, 0.3) is 71.7 Å². The summed E-state index contributed by atoms with van der Waals surface area (Å²) in [6.45, 7) is 1.67. The second kappa shape index (κ2) is 17.1. The van der Waals surface area contributed by atoms with Gasteiger partial charge in [0.25, 0.3) is 0 Å². The quantitative estimate of drug-likeness (QED) is 0.149. The fraction of sp³-hybridized carbons (Fsp3) is 0.137. The Labute approximate surface area is 359 Å². The standard InChI is InChI=1S/C38H31N2S.C13H12N.Ir/c1-25(2)20-27-18-19-36-32(23-27)33(24-41-36)38-39-34-16-10-11-17-35(34)40(38)37-30(28-12-6-4-7-13-28)21-26(3)22-31(37)29-14-8-5-9-15-29;1-10-3-6-12(7-4-10)13-8-5-11(2)9-14-13;/h4-19,21-23,25H,20H2,1-3H3;3-6,8-9H,1-2H3;/q2*-1;/i20D2;1D3,2D3;. The Hall–Kier alpha value is -5.45. The molecule has 3 aromatic heterocycles. The van der Waals surface area contributed by atoms with Crippen molar-refractivity contribution >= 4 is 32.5 Å². The zero-order valence-electron chi connectivity index (χ0n) is 39.1. The van der Waals surface area contributed by atoms with E-state index in [9.17, 15) is 0 Å². The van der Waals surface area contributed by atoms with E-state index < -0.39 is 20.1 Å². The van der Waals surface area contributed by atoms with Gasteiger partial charge in [0.2, 0.25) is 0 Å². The number of imidazole rings is 1. The summed E-state index contributed by atoms with van der Waals surface area (Å²) in [6, 6.07) is 50.3. The van der Waals surface area contributed by atoms with E-state index >= 15 is 0 Å². The summed E-state index contributed by atoms with van der Waals surface area (Å²) in [7, 11) is 0. The van der Waals surface area contributed by atoms with Crippen molar-refractivity contribution in [3.63, 3.8) is 0 Å². The molecule has 0 unspecified atom stereocenters. The summed E-state index contributed by atoms with van der Waals surface area (Å²) >= 11 is 1.55. The number of rotatable bonds is 7. The molecule has 9 aromatic rings. The maximum absolute atomic E-state index is 8.80. The van der Waals surface area contributed by atoms with Gasteiger partial charge in [-0.15, -0.1) is 46.8 Å². The Bertz CT molecular complexity index is 2920. The summed E-state index contributed by atoms with van der Waals surface area (Å²) in [6.07, 6.45) is -0.153. The predicted octanol–water partition coefficient (Wildman–Crippen LogP) is 13.7. The number of nitrogens with zero attached hydrogens (tertiary/aromatic N) is 3. The van der Waals surface area contributed by atoms with Crippen molar-refractivity contribution in [3.8, 4) is 50.6 Å². The number of thiophene rings is 1. The van der Waals surface area contributed by atoms with Gasteiger partial charge in [-0.25, -0.2) is 0 Å². The normalized spacial score (nSPS) is 13.9. The average Bonchev–Trinajstić information content (AvgIpc) is 3.87. The maximum atomic E-state index is 8.80. The van der Waals surface area contributed by atoms with E-state index in [0.717, 1.165) is 60.4 Å². The monoisotopic (exact) mass is 930 g/mol. The minimum absolute atomic E-state index is 0. The number of hydrogen-bond donors (Lipinski definition) is 0. The molecule has 0 saturated heterocycles. The Morgan fingerprint density at radius 2 is 1.43 bits per heavy atom. The van der Waals surface area contributed by atoms with Crippen LogP contribution in [0.3, 0.4) is 0 Å². The number of fused-ring (bicyclic) bond motifs is 2. The van der Waals surface area contributed by atoms with Gasteiger partial charge >= 0.3 is 0 Å². The molecule has 9 rings (SSSR count). The molecule has 6 aromatic carbocycles. The number of hydrogen-bond acceptors (Lipinski definition) is 3. The van der Waals surface area contributed by atoms with E-state index in [4.69, 9.17) is 16.0 Å². The van der Waals surface area contributed by atoms with Crippen LogP contribution in [0, 0.1) is 38.0 Å². The van der Waals surface area contributed by atoms with Gasteiger partial charge in [-0.1, -0.05) is 139 Å². The van der Waals surface area contributed by atoms with E-state index in [1.807, 2.05) is 38.1 Å². The van der Waals surface area contributed by atoms with Gasteiger partial charge in [-0.2, -0.15) is 0 Å². The van der Waals surface area contributed by atoms with E-state index in [1.165, 1.54) is 30.0 Å². The number of aryl methyl sites for hydroxylation is 3. The van der Waals surface area contributed by atoms with E-state index in [2.05, 4.69) is 119 Å². The van der Waals surface area contributed by atoms with Gasteiger partial charge in [0.15, 0.2) is 0 Å². The second-order valence-corrected chi connectivity index (χ2v) is 14.6. The molecule has 3 heterocycles. The molecule has 3 nitrogen and oxygen atoms in total. The van der Waals surface area contributed by atoms with Crippen LogP contribution in [0.4, 0.5) is 0 Å². The zero-order valence-corrected chi connectivity index (χ0v) is 34.3. The first-order valence-corrected chi connectivity index (χ1v) is 19.0. The van der Waals surface area contributed by atoms with Crippen molar-refractivity contribution in [2.75, 3.05) is 0 Å². The fourth-order valence-electron chi connectivity index (χ4n) is 6.82. The van der Waals surface area contributed by atoms with Crippen LogP contribution in [0.1, 0.15) is 47.1 Å². The molecule has 1 radical (unpaired) electrons. The molecule has 279 valence electrons. The van der Waals surface area contributed by atoms with Gasteiger partial charge in [-0.05, 0) is 78.3 Å². The average molecular weight is 930 g/mol. The predicted molar refractivity (Wildman–Crippen MR) is 233 cm³/mol. The number of aromatic nitrogens is 3. The van der Waals surface area contributed by atoms with Gasteiger partial charge in [0.1, 0.15) is 0 Å². The van der Waals surface area contributed by atoms with Crippen LogP contribution in [0.15, 0.2) is 152 Å². The topological polar surface area (TPSA) is 30.7 Å². The third kappa shape index (κ3) is 8.22. The molecule has 0 saturated carbocycles. The van der Waals surface area contributed by atoms with Crippen molar-refractivity contribution in [2.24, 2.45) is 5.92 Å². The summed E-state index contributed by atoms with van der Waals surface area (Å²) in [5.41, 5.74) is 11.8. The van der Waals surface area contributed by atoms with Crippen LogP contribution >= 0.6 is 11.3 Å². The van der Waals surface area contributed by atoms with E-state index in [-0.39, 0.29) is 37.2 Å². The Morgan fingerprint density at radius 1 is 0.750 bits per heavy atom. The van der Waals surface area contributed by atoms with Crippen LogP contribution in [0.2, 0.25) is 0 Å². The molecule has 0 spiro atoms. The first-order chi connectivity index (χ1) is 30.0. The molecule has 0 atom stereocenters. The second-order valence-electron chi connectivity index (χ2n) is 13.7. The van der Waals surface area contributed by atoms with Crippen molar-refractivity contribution < 1.29 is 31.1 Å². The van der Waals surface area contributed by atoms with Gasteiger partial charge < -0.3 is 9.55 Å². The van der Waals surface area contributed by atoms with Crippen molar-refractivity contribution in [1.82, 2.24) is 14.5 Å². The van der Waals surface area contributed by atoms with Crippen LogP contribution in [0.5, 0.6) is 0 Å². The fourth-order valence-corrected chi connectivity index (χ4v) is 7.64. The Morgan fingerprint density at radius 3 is 2.05 bits per heavy atom. The molecule has 0 amide bonds. The zero-order chi connectivity index (χ0) is 44.7. The summed E-state index contributed by atoms with van der Waals surface area (Å²) in [5.74, 6) is 0.642. The number of benzene rings is 6. The molecular formula is C51H43IrN3S-2. The van der Waals surface area contributed by atoms with Gasteiger partial charge in [0, 0.05) is 48.4 Å². The Balaban J connectivity index is 0.000000246. The van der Waals surface area contributed by atoms with E-state index in [1.54, 1.807) is 23.5 Å². The Kier molecular flexibility index (Phi) is 9.12. The molecule has 0 fully saturated rings.